The Morgan fingerprint density at radius 2 is 1.95 bits per heavy atom. The third-order valence-electron chi connectivity index (χ3n) is 4.39. The van der Waals surface area contributed by atoms with Crippen LogP contribution >= 0.6 is 0 Å². The van der Waals surface area contributed by atoms with E-state index in [2.05, 4.69) is 19.9 Å². The molecule has 20 heavy (non-hydrogen) atoms. The molecule has 1 atom stereocenters. The van der Waals surface area contributed by atoms with Gasteiger partial charge in [0.05, 0.1) is 18.3 Å². The van der Waals surface area contributed by atoms with Crippen molar-refractivity contribution < 1.29 is 9.84 Å². The Labute approximate surface area is 121 Å². The highest BCUT2D eigenvalue weighted by molar-refractivity contribution is 5.48. The van der Waals surface area contributed by atoms with Crippen molar-refractivity contribution in [2.45, 2.75) is 57.0 Å². The van der Waals surface area contributed by atoms with Crippen LogP contribution in [0.15, 0.2) is 24.3 Å². The molecule has 1 aromatic rings. The minimum Gasteiger partial charge on any atom is -0.493 e. The fourth-order valence-electron chi connectivity index (χ4n) is 3.48. The highest BCUT2D eigenvalue weighted by Crippen LogP contribution is 2.49. The van der Waals surface area contributed by atoms with Gasteiger partial charge in [0, 0.05) is 12.0 Å². The van der Waals surface area contributed by atoms with Crippen molar-refractivity contribution in [3.63, 3.8) is 0 Å². The van der Waals surface area contributed by atoms with Crippen molar-refractivity contribution in [1.29, 1.82) is 5.26 Å². The van der Waals surface area contributed by atoms with Gasteiger partial charge in [0.15, 0.2) is 0 Å². The fraction of sp³-hybridized carbons (Fsp3) is 0.588. The Morgan fingerprint density at radius 3 is 2.55 bits per heavy atom. The first-order valence-electron chi connectivity index (χ1n) is 7.49. The third kappa shape index (κ3) is 2.19. The maximum absolute atomic E-state index is 11.3. The lowest BCUT2D eigenvalue weighted by atomic mass is 9.62. The van der Waals surface area contributed by atoms with Crippen LogP contribution in [0, 0.1) is 11.3 Å². The molecule has 2 rings (SSSR count). The van der Waals surface area contributed by atoms with Gasteiger partial charge in [-0.2, -0.15) is 5.26 Å². The second-order valence-corrected chi connectivity index (χ2v) is 5.64. The van der Waals surface area contributed by atoms with E-state index in [1.54, 1.807) is 0 Å². The summed E-state index contributed by atoms with van der Waals surface area (Å²) < 4.78 is 5.67. The summed E-state index contributed by atoms with van der Waals surface area (Å²) in [6.45, 7) is 4.59. The average Bonchev–Trinajstić information content (AvgIpc) is 2.47. The molecule has 0 saturated heterocycles. The van der Waals surface area contributed by atoms with Crippen molar-refractivity contribution in [3.05, 3.63) is 29.8 Å². The monoisotopic (exact) mass is 273 g/mol. The van der Waals surface area contributed by atoms with Gasteiger partial charge in [0.2, 0.25) is 0 Å². The Hall–Kier alpha value is -1.53. The molecule has 0 aromatic heterocycles. The molecule has 1 heterocycles. The minimum atomic E-state index is -0.981. The Balaban J connectivity index is 2.57. The third-order valence-corrected chi connectivity index (χ3v) is 4.39. The first kappa shape index (κ1) is 14.9. The van der Waals surface area contributed by atoms with E-state index in [4.69, 9.17) is 4.74 Å². The SMILES string of the molecule is CCCC(O)(CCC)C1(C#N)CCOc2ccccc21. The van der Waals surface area contributed by atoms with Gasteiger partial charge < -0.3 is 9.84 Å². The number of aliphatic hydroxyl groups is 1. The normalized spacial score (nSPS) is 21.7. The number of fused-ring (bicyclic) bond motifs is 1. The molecule has 0 spiro atoms. The van der Waals surface area contributed by atoms with Gasteiger partial charge in [-0.3, -0.25) is 0 Å². The van der Waals surface area contributed by atoms with Crippen molar-refractivity contribution in [2.24, 2.45) is 0 Å². The standard InChI is InChI=1S/C17H23NO2/c1-3-9-17(19,10-4-2)16(13-18)11-12-20-15-8-6-5-7-14(15)16/h5-8,19H,3-4,9-12H2,1-2H3. The van der Waals surface area contributed by atoms with Gasteiger partial charge in [-0.1, -0.05) is 44.9 Å². The second-order valence-electron chi connectivity index (χ2n) is 5.64. The van der Waals surface area contributed by atoms with Crippen molar-refractivity contribution in [1.82, 2.24) is 0 Å². The molecule has 1 unspecified atom stereocenters. The maximum atomic E-state index is 11.3. The van der Waals surface area contributed by atoms with Crippen LogP contribution in [0.3, 0.4) is 0 Å². The lowest BCUT2D eigenvalue weighted by molar-refractivity contribution is -0.0468. The molecule has 0 amide bonds. The summed E-state index contributed by atoms with van der Waals surface area (Å²) >= 11 is 0. The largest absolute Gasteiger partial charge is 0.493 e. The van der Waals surface area contributed by atoms with Gasteiger partial charge in [0.1, 0.15) is 11.2 Å². The summed E-state index contributed by atoms with van der Waals surface area (Å²) in [7, 11) is 0. The number of nitriles is 1. The van der Waals surface area contributed by atoms with Crippen LogP contribution in [-0.4, -0.2) is 17.3 Å². The topological polar surface area (TPSA) is 53.2 Å². The van der Waals surface area contributed by atoms with E-state index in [9.17, 15) is 10.4 Å². The van der Waals surface area contributed by atoms with Crippen molar-refractivity contribution in [2.75, 3.05) is 6.61 Å². The fourth-order valence-corrected chi connectivity index (χ4v) is 3.48. The van der Waals surface area contributed by atoms with E-state index in [0.717, 1.165) is 24.2 Å². The number of rotatable bonds is 5. The molecule has 108 valence electrons. The molecule has 1 N–H and O–H groups in total. The average molecular weight is 273 g/mol. The number of para-hydroxylation sites is 1. The predicted molar refractivity (Wildman–Crippen MR) is 78.6 cm³/mol. The minimum absolute atomic E-state index is 0.486. The summed E-state index contributed by atoms with van der Waals surface area (Å²) in [5.74, 6) is 0.742. The van der Waals surface area contributed by atoms with E-state index < -0.39 is 11.0 Å². The Bertz CT molecular complexity index is 500. The van der Waals surface area contributed by atoms with E-state index in [-0.39, 0.29) is 0 Å². The molecular formula is C17H23NO2. The van der Waals surface area contributed by atoms with Crippen molar-refractivity contribution in [3.8, 4) is 11.8 Å². The number of benzene rings is 1. The quantitative estimate of drug-likeness (QED) is 0.892. The highest BCUT2D eigenvalue weighted by atomic mass is 16.5. The number of nitrogens with zero attached hydrogens (tertiary/aromatic N) is 1. The van der Waals surface area contributed by atoms with Gasteiger partial charge in [-0.25, -0.2) is 0 Å². The molecule has 0 saturated carbocycles. The first-order valence-corrected chi connectivity index (χ1v) is 7.49. The zero-order valence-electron chi connectivity index (χ0n) is 12.4. The van der Waals surface area contributed by atoms with Crippen LogP contribution in [0.1, 0.15) is 51.5 Å². The highest BCUT2D eigenvalue weighted by Gasteiger charge is 2.53. The van der Waals surface area contributed by atoms with E-state index in [1.807, 2.05) is 24.3 Å². The second kappa shape index (κ2) is 5.85. The van der Waals surface area contributed by atoms with Crippen LogP contribution in [0.25, 0.3) is 0 Å². The molecule has 1 aliphatic heterocycles. The summed E-state index contributed by atoms with van der Waals surface area (Å²) in [4.78, 5) is 0. The molecule has 0 aliphatic carbocycles. The molecule has 0 fully saturated rings. The first-order chi connectivity index (χ1) is 9.63. The summed E-state index contributed by atoms with van der Waals surface area (Å²) in [5, 5.41) is 21.2. The van der Waals surface area contributed by atoms with Crippen LogP contribution in [0.4, 0.5) is 0 Å². The summed E-state index contributed by atoms with van der Waals surface area (Å²) in [5.41, 5.74) is -0.989. The molecule has 0 radical (unpaired) electrons. The van der Waals surface area contributed by atoms with E-state index in [0.29, 0.717) is 25.9 Å². The molecule has 1 aliphatic rings. The van der Waals surface area contributed by atoms with Crippen LogP contribution in [-0.2, 0) is 5.41 Å². The number of ether oxygens (including phenoxy) is 1. The molecular weight excluding hydrogens is 250 g/mol. The van der Waals surface area contributed by atoms with E-state index in [1.165, 1.54) is 0 Å². The van der Waals surface area contributed by atoms with Gasteiger partial charge in [-0.15, -0.1) is 0 Å². The molecule has 3 heteroatoms. The lowest BCUT2D eigenvalue weighted by Crippen LogP contribution is -2.53. The zero-order valence-corrected chi connectivity index (χ0v) is 12.4. The molecule has 0 bridgehead atoms. The van der Waals surface area contributed by atoms with Crippen LogP contribution < -0.4 is 4.74 Å². The number of hydrogen-bond donors (Lipinski definition) is 1. The van der Waals surface area contributed by atoms with Crippen molar-refractivity contribution >= 4 is 0 Å². The summed E-state index contributed by atoms with van der Waals surface area (Å²) in [6, 6.07) is 10.1. The zero-order chi connectivity index (χ0) is 14.6. The lowest BCUT2D eigenvalue weighted by Gasteiger charge is -2.45. The maximum Gasteiger partial charge on any atom is 0.124 e. The predicted octanol–water partition coefficient (Wildman–Crippen LogP) is 3.56. The Kier molecular flexibility index (Phi) is 4.35. The van der Waals surface area contributed by atoms with E-state index >= 15 is 0 Å². The van der Waals surface area contributed by atoms with Crippen LogP contribution in [0.5, 0.6) is 5.75 Å². The van der Waals surface area contributed by atoms with Crippen LogP contribution in [0.2, 0.25) is 0 Å². The number of hydrogen-bond acceptors (Lipinski definition) is 3. The van der Waals surface area contributed by atoms with Gasteiger partial charge >= 0.3 is 0 Å². The van der Waals surface area contributed by atoms with Gasteiger partial charge in [-0.05, 0) is 18.9 Å². The van der Waals surface area contributed by atoms with Gasteiger partial charge in [0.25, 0.3) is 0 Å². The molecule has 1 aromatic carbocycles. The molecule has 3 nitrogen and oxygen atoms in total. The Morgan fingerprint density at radius 1 is 1.30 bits per heavy atom. The smallest absolute Gasteiger partial charge is 0.124 e. The summed E-state index contributed by atoms with van der Waals surface area (Å²) in [6.07, 6.45) is 3.56.